The zero-order valence-electron chi connectivity index (χ0n) is 11.0. The van der Waals surface area contributed by atoms with E-state index in [1.54, 1.807) is 12.1 Å². The molecule has 0 saturated carbocycles. The molecule has 1 aromatic heterocycles. The van der Waals surface area contributed by atoms with Crippen LogP contribution in [0.5, 0.6) is 0 Å². The van der Waals surface area contributed by atoms with Crippen LogP contribution in [0.15, 0.2) is 22.8 Å². The summed E-state index contributed by atoms with van der Waals surface area (Å²) in [5.41, 5.74) is 0.0526. The second-order valence-electron chi connectivity index (χ2n) is 5.37. The summed E-state index contributed by atoms with van der Waals surface area (Å²) in [5.74, 6) is 0.366. The molecule has 5 heteroatoms. The summed E-state index contributed by atoms with van der Waals surface area (Å²) < 4.78 is 16.3. The number of amides is 1. The smallest absolute Gasteiger partial charge is 0.289 e. The SMILES string of the molecule is O=C(c1ccco1)N1CCOCC2(CCOCC2)C1. The van der Waals surface area contributed by atoms with E-state index in [0.717, 1.165) is 39.2 Å². The molecule has 0 aromatic carbocycles. The van der Waals surface area contributed by atoms with Crippen LogP contribution in [0.3, 0.4) is 0 Å². The van der Waals surface area contributed by atoms with Gasteiger partial charge in [0.1, 0.15) is 0 Å². The molecule has 1 amide bonds. The Morgan fingerprint density at radius 3 is 2.79 bits per heavy atom. The molecule has 2 saturated heterocycles. The highest BCUT2D eigenvalue weighted by atomic mass is 16.5. The summed E-state index contributed by atoms with van der Waals surface area (Å²) >= 11 is 0. The summed E-state index contributed by atoms with van der Waals surface area (Å²) in [7, 11) is 0. The Morgan fingerprint density at radius 1 is 1.21 bits per heavy atom. The van der Waals surface area contributed by atoms with Crippen molar-refractivity contribution in [2.24, 2.45) is 5.41 Å². The Kier molecular flexibility index (Phi) is 3.57. The number of ether oxygens (including phenoxy) is 2. The largest absolute Gasteiger partial charge is 0.459 e. The van der Waals surface area contributed by atoms with Crippen LogP contribution >= 0.6 is 0 Å². The lowest BCUT2D eigenvalue weighted by atomic mass is 9.80. The monoisotopic (exact) mass is 265 g/mol. The van der Waals surface area contributed by atoms with Gasteiger partial charge in [0.05, 0.1) is 19.5 Å². The van der Waals surface area contributed by atoms with Gasteiger partial charge in [0.15, 0.2) is 5.76 Å². The Morgan fingerprint density at radius 2 is 2.05 bits per heavy atom. The molecule has 0 aliphatic carbocycles. The van der Waals surface area contributed by atoms with E-state index in [9.17, 15) is 4.79 Å². The second-order valence-corrected chi connectivity index (χ2v) is 5.37. The van der Waals surface area contributed by atoms with Crippen LogP contribution in [0.2, 0.25) is 0 Å². The fourth-order valence-corrected chi connectivity index (χ4v) is 2.83. The Balaban J connectivity index is 1.75. The number of hydrogen-bond donors (Lipinski definition) is 0. The van der Waals surface area contributed by atoms with Crippen LogP contribution in [0.1, 0.15) is 23.4 Å². The molecule has 0 radical (unpaired) electrons. The minimum Gasteiger partial charge on any atom is -0.459 e. The van der Waals surface area contributed by atoms with Gasteiger partial charge in [0.25, 0.3) is 5.91 Å². The fraction of sp³-hybridized carbons (Fsp3) is 0.643. The van der Waals surface area contributed by atoms with Crippen LogP contribution in [0, 0.1) is 5.41 Å². The second kappa shape index (κ2) is 5.35. The maximum absolute atomic E-state index is 12.4. The van der Waals surface area contributed by atoms with E-state index in [0.29, 0.717) is 18.9 Å². The normalized spacial score (nSPS) is 23.3. The molecular formula is C14H19NO4. The van der Waals surface area contributed by atoms with Crippen LogP contribution in [0.25, 0.3) is 0 Å². The lowest BCUT2D eigenvalue weighted by Gasteiger charge is -2.38. The molecule has 1 aromatic rings. The molecule has 0 atom stereocenters. The molecule has 19 heavy (non-hydrogen) atoms. The van der Waals surface area contributed by atoms with E-state index in [-0.39, 0.29) is 11.3 Å². The van der Waals surface area contributed by atoms with Gasteiger partial charge in [-0.05, 0) is 25.0 Å². The highest BCUT2D eigenvalue weighted by molar-refractivity contribution is 5.91. The fourth-order valence-electron chi connectivity index (χ4n) is 2.83. The van der Waals surface area contributed by atoms with Gasteiger partial charge in [0, 0.05) is 31.7 Å². The van der Waals surface area contributed by atoms with E-state index in [2.05, 4.69) is 0 Å². The van der Waals surface area contributed by atoms with Crippen molar-refractivity contribution in [1.82, 2.24) is 4.90 Å². The molecule has 104 valence electrons. The van der Waals surface area contributed by atoms with Crippen molar-refractivity contribution in [3.05, 3.63) is 24.2 Å². The Labute approximate surface area is 112 Å². The highest BCUT2D eigenvalue weighted by Gasteiger charge is 2.38. The van der Waals surface area contributed by atoms with E-state index in [4.69, 9.17) is 13.9 Å². The van der Waals surface area contributed by atoms with Crippen molar-refractivity contribution in [2.45, 2.75) is 12.8 Å². The van der Waals surface area contributed by atoms with Crippen molar-refractivity contribution >= 4 is 5.91 Å². The van der Waals surface area contributed by atoms with Crippen LogP contribution < -0.4 is 0 Å². The van der Waals surface area contributed by atoms with Gasteiger partial charge in [-0.1, -0.05) is 0 Å². The van der Waals surface area contributed by atoms with Crippen molar-refractivity contribution < 1.29 is 18.7 Å². The van der Waals surface area contributed by atoms with Gasteiger partial charge in [0.2, 0.25) is 0 Å². The van der Waals surface area contributed by atoms with Crippen molar-refractivity contribution in [3.63, 3.8) is 0 Å². The number of nitrogens with zero attached hydrogens (tertiary/aromatic N) is 1. The summed E-state index contributed by atoms with van der Waals surface area (Å²) in [5, 5.41) is 0. The first-order chi connectivity index (χ1) is 9.29. The Hall–Kier alpha value is -1.33. The number of carbonyl (C=O) groups excluding carboxylic acids is 1. The van der Waals surface area contributed by atoms with Gasteiger partial charge in [-0.25, -0.2) is 0 Å². The predicted molar refractivity (Wildman–Crippen MR) is 67.9 cm³/mol. The number of carbonyl (C=O) groups is 1. The van der Waals surface area contributed by atoms with Gasteiger partial charge < -0.3 is 18.8 Å². The van der Waals surface area contributed by atoms with E-state index in [1.807, 2.05) is 4.90 Å². The number of hydrogen-bond acceptors (Lipinski definition) is 4. The minimum atomic E-state index is -0.0404. The standard InChI is InChI=1S/C14H19NO4/c16-13(12-2-1-6-19-12)15-5-9-18-11-14(10-15)3-7-17-8-4-14/h1-2,6H,3-5,7-11H2. The number of rotatable bonds is 1. The zero-order valence-corrected chi connectivity index (χ0v) is 11.0. The molecule has 0 N–H and O–H groups in total. The topological polar surface area (TPSA) is 51.9 Å². The Bertz CT molecular complexity index is 423. The van der Waals surface area contributed by atoms with E-state index >= 15 is 0 Å². The van der Waals surface area contributed by atoms with Crippen molar-refractivity contribution in [2.75, 3.05) is 39.5 Å². The maximum Gasteiger partial charge on any atom is 0.289 e. The summed E-state index contributed by atoms with van der Waals surface area (Å²) in [4.78, 5) is 14.2. The van der Waals surface area contributed by atoms with Crippen LogP contribution in [-0.2, 0) is 9.47 Å². The van der Waals surface area contributed by atoms with Crippen molar-refractivity contribution in [3.8, 4) is 0 Å². The number of furan rings is 1. The van der Waals surface area contributed by atoms with Crippen LogP contribution in [0.4, 0.5) is 0 Å². The molecule has 5 nitrogen and oxygen atoms in total. The molecule has 0 unspecified atom stereocenters. The van der Waals surface area contributed by atoms with Gasteiger partial charge in [-0.2, -0.15) is 0 Å². The average molecular weight is 265 g/mol. The molecule has 0 bridgehead atoms. The van der Waals surface area contributed by atoms with E-state index < -0.39 is 0 Å². The molecule has 2 aliphatic heterocycles. The molecule has 3 rings (SSSR count). The molecular weight excluding hydrogens is 246 g/mol. The summed E-state index contributed by atoms with van der Waals surface area (Å²) in [6, 6.07) is 3.45. The lowest BCUT2D eigenvalue weighted by molar-refractivity contribution is -0.0305. The third-order valence-electron chi connectivity index (χ3n) is 4.01. The van der Waals surface area contributed by atoms with Gasteiger partial charge >= 0.3 is 0 Å². The molecule has 1 spiro atoms. The first-order valence-corrected chi connectivity index (χ1v) is 6.77. The minimum absolute atomic E-state index is 0.0404. The zero-order chi connectivity index (χ0) is 13.1. The van der Waals surface area contributed by atoms with Gasteiger partial charge in [-0.3, -0.25) is 4.79 Å². The molecule has 2 aliphatic rings. The summed E-state index contributed by atoms with van der Waals surface area (Å²) in [6.07, 6.45) is 3.44. The van der Waals surface area contributed by atoms with E-state index in [1.165, 1.54) is 6.26 Å². The van der Waals surface area contributed by atoms with Gasteiger partial charge in [-0.15, -0.1) is 0 Å². The lowest BCUT2D eigenvalue weighted by Crippen LogP contribution is -2.44. The highest BCUT2D eigenvalue weighted by Crippen LogP contribution is 2.33. The third-order valence-corrected chi connectivity index (χ3v) is 4.01. The third kappa shape index (κ3) is 2.67. The molecule has 3 heterocycles. The summed E-state index contributed by atoms with van der Waals surface area (Å²) in [6.45, 7) is 4.18. The quantitative estimate of drug-likeness (QED) is 0.773. The average Bonchev–Trinajstić information content (AvgIpc) is 2.90. The maximum atomic E-state index is 12.4. The van der Waals surface area contributed by atoms with Crippen LogP contribution in [-0.4, -0.2) is 50.3 Å². The first-order valence-electron chi connectivity index (χ1n) is 6.77. The molecule has 2 fully saturated rings. The predicted octanol–water partition coefficient (Wildman–Crippen LogP) is 1.55. The first kappa shape index (κ1) is 12.7. The van der Waals surface area contributed by atoms with Crippen molar-refractivity contribution in [1.29, 1.82) is 0 Å².